The Morgan fingerprint density at radius 3 is 2.45 bits per heavy atom. The number of aromatic nitrogens is 1. The molecule has 0 atom stereocenters. The predicted molar refractivity (Wildman–Crippen MR) is 72.7 cm³/mol. The monoisotopic (exact) mass is 318 g/mol. The Morgan fingerprint density at radius 2 is 1.85 bits per heavy atom. The third-order valence-electron chi connectivity index (χ3n) is 2.49. The summed E-state index contributed by atoms with van der Waals surface area (Å²) in [5.41, 5.74) is 5.14. The van der Waals surface area contributed by atoms with E-state index in [1.807, 2.05) is 0 Å². The second-order valence-corrected chi connectivity index (χ2v) is 5.33. The first kappa shape index (κ1) is 15.2. The van der Waals surface area contributed by atoms with E-state index >= 15 is 0 Å². The molecule has 0 radical (unpaired) electrons. The number of hydrogen-bond acceptors (Lipinski definition) is 3. The van der Waals surface area contributed by atoms with Gasteiger partial charge in [-0.05, 0) is 23.8 Å². The second-order valence-electron chi connectivity index (χ2n) is 3.90. The lowest BCUT2D eigenvalue weighted by molar-refractivity contribution is -0.141. The summed E-state index contributed by atoms with van der Waals surface area (Å²) < 4.78 is 38.1. The molecule has 0 saturated carbocycles. The number of nitrogens with two attached hydrogens (primary N) is 1. The molecule has 2 nitrogen and oxygen atoms in total. The minimum Gasteiger partial charge on any atom is -0.326 e. The summed E-state index contributed by atoms with van der Waals surface area (Å²) in [5, 5.41) is 0.676. The molecule has 1 aromatic carbocycles. The van der Waals surface area contributed by atoms with Crippen molar-refractivity contribution in [2.45, 2.75) is 22.6 Å². The third kappa shape index (κ3) is 3.45. The number of rotatable bonds is 3. The predicted octanol–water partition coefficient (Wildman–Crippen LogP) is 4.36. The lowest BCUT2D eigenvalue weighted by Gasteiger charge is -2.11. The van der Waals surface area contributed by atoms with Crippen molar-refractivity contribution in [3.05, 3.63) is 52.7 Å². The molecule has 0 bridgehead atoms. The van der Waals surface area contributed by atoms with Crippen LogP contribution in [0.25, 0.3) is 0 Å². The number of hydrogen-bond donors (Lipinski definition) is 1. The van der Waals surface area contributed by atoms with Crippen molar-refractivity contribution in [1.82, 2.24) is 4.98 Å². The van der Waals surface area contributed by atoms with Gasteiger partial charge in [-0.15, -0.1) is 0 Å². The van der Waals surface area contributed by atoms with Crippen LogP contribution in [-0.4, -0.2) is 4.98 Å². The fourth-order valence-electron chi connectivity index (χ4n) is 1.50. The zero-order valence-corrected chi connectivity index (χ0v) is 11.7. The molecule has 0 unspecified atom stereocenters. The Morgan fingerprint density at radius 1 is 1.15 bits per heavy atom. The molecule has 2 aromatic rings. The first-order valence-electron chi connectivity index (χ1n) is 5.61. The average Bonchev–Trinajstić information content (AvgIpc) is 2.40. The molecule has 106 valence electrons. The molecule has 0 fully saturated rings. The zero-order chi connectivity index (χ0) is 14.8. The Labute approximate surface area is 123 Å². The molecule has 0 saturated heterocycles. The van der Waals surface area contributed by atoms with Gasteiger partial charge in [0.25, 0.3) is 0 Å². The summed E-state index contributed by atoms with van der Waals surface area (Å²) in [6, 6.07) is 9.16. The highest BCUT2D eigenvalue weighted by Crippen LogP contribution is 2.36. The largest absolute Gasteiger partial charge is 0.433 e. The number of benzene rings is 1. The van der Waals surface area contributed by atoms with Crippen LogP contribution in [0, 0.1) is 0 Å². The summed E-state index contributed by atoms with van der Waals surface area (Å²) in [6.07, 6.45) is -4.48. The molecule has 2 rings (SSSR count). The first-order chi connectivity index (χ1) is 9.41. The Bertz CT molecular complexity index is 617. The number of halogens is 4. The molecule has 2 N–H and O–H groups in total. The maximum atomic E-state index is 12.7. The average molecular weight is 319 g/mol. The molecule has 0 aliphatic carbocycles. The van der Waals surface area contributed by atoms with Gasteiger partial charge < -0.3 is 5.73 Å². The Kier molecular flexibility index (Phi) is 4.57. The SMILES string of the molecule is NCc1ccc(C(F)(F)F)nc1Sc1ccccc1Cl. The number of nitrogens with zero attached hydrogens (tertiary/aromatic N) is 1. The van der Waals surface area contributed by atoms with Crippen LogP contribution < -0.4 is 5.73 Å². The van der Waals surface area contributed by atoms with Crippen molar-refractivity contribution in [2.24, 2.45) is 5.73 Å². The van der Waals surface area contributed by atoms with Crippen LogP contribution in [0.5, 0.6) is 0 Å². The smallest absolute Gasteiger partial charge is 0.326 e. The topological polar surface area (TPSA) is 38.9 Å². The number of alkyl halides is 3. The van der Waals surface area contributed by atoms with E-state index in [0.717, 1.165) is 17.8 Å². The van der Waals surface area contributed by atoms with Crippen LogP contribution in [0.3, 0.4) is 0 Å². The maximum Gasteiger partial charge on any atom is 0.433 e. The zero-order valence-electron chi connectivity index (χ0n) is 10.1. The molecule has 0 spiro atoms. The van der Waals surface area contributed by atoms with E-state index in [2.05, 4.69) is 4.98 Å². The Hall–Kier alpha value is -1.24. The van der Waals surface area contributed by atoms with Gasteiger partial charge in [-0.1, -0.05) is 41.6 Å². The summed E-state index contributed by atoms with van der Waals surface area (Å²) in [6.45, 7) is 0.109. The summed E-state index contributed by atoms with van der Waals surface area (Å²) in [7, 11) is 0. The fraction of sp³-hybridized carbons (Fsp3) is 0.154. The minimum absolute atomic E-state index is 0.109. The molecule has 20 heavy (non-hydrogen) atoms. The summed E-state index contributed by atoms with van der Waals surface area (Å²) in [5.74, 6) is 0. The van der Waals surface area contributed by atoms with Gasteiger partial charge in [0.2, 0.25) is 0 Å². The molecule has 0 aliphatic heterocycles. The standard InChI is InChI=1S/C13H10ClF3N2S/c14-9-3-1-2-4-10(9)20-12-8(7-18)5-6-11(19-12)13(15,16)17/h1-6H,7,18H2. The normalized spacial score (nSPS) is 11.7. The molecule has 0 aliphatic rings. The lowest BCUT2D eigenvalue weighted by Crippen LogP contribution is -2.10. The first-order valence-corrected chi connectivity index (χ1v) is 6.81. The van der Waals surface area contributed by atoms with E-state index in [4.69, 9.17) is 17.3 Å². The molecular formula is C13H10ClF3N2S. The van der Waals surface area contributed by atoms with E-state index in [1.54, 1.807) is 24.3 Å². The van der Waals surface area contributed by atoms with Crippen LogP contribution in [0.4, 0.5) is 13.2 Å². The lowest BCUT2D eigenvalue weighted by atomic mass is 10.2. The highest BCUT2D eigenvalue weighted by Gasteiger charge is 2.33. The molecular weight excluding hydrogens is 309 g/mol. The fourth-order valence-corrected chi connectivity index (χ4v) is 2.70. The van der Waals surface area contributed by atoms with Gasteiger partial charge in [0.05, 0.1) is 5.02 Å². The molecule has 0 amide bonds. The van der Waals surface area contributed by atoms with Crippen molar-refractivity contribution in [3.8, 4) is 0 Å². The summed E-state index contributed by atoms with van der Waals surface area (Å²) >= 11 is 7.07. The van der Waals surface area contributed by atoms with Crippen molar-refractivity contribution < 1.29 is 13.2 Å². The quantitative estimate of drug-likeness (QED) is 0.913. The molecule has 1 heterocycles. The third-order valence-corrected chi connectivity index (χ3v) is 4.06. The maximum absolute atomic E-state index is 12.7. The minimum atomic E-state index is -4.48. The number of pyridine rings is 1. The van der Waals surface area contributed by atoms with Crippen molar-refractivity contribution in [3.63, 3.8) is 0 Å². The van der Waals surface area contributed by atoms with E-state index < -0.39 is 11.9 Å². The van der Waals surface area contributed by atoms with Gasteiger partial charge in [0.15, 0.2) is 0 Å². The van der Waals surface area contributed by atoms with Gasteiger partial charge in [0.1, 0.15) is 10.7 Å². The van der Waals surface area contributed by atoms with Crippen molar-refractivity contribution >= 4 is 23.4 Å². The van der Waals surface area contributed by atoms with E-state index in [-0.39, 0.29) is 11.6 Å². The van der Waals surface area contributed by atoms with Gasteiger partial charge in [0, 0.05) is 11.4 Å². The van der Waals surface area contributed by atoms with Crippen molar-refractivity contribution in [1.29, 1.82) is 0 Å². The molecule has 7 heteroatoms. The summed E-state index contributed by atoms with van der Waals surface area (Å²) in [4.78, 5) is 4.29. The van der Waals surface area contributed by atoms with Crippen LogP contribution in [-0.2, 0) is 12.7 Å². The van der Waals surface area contributed by atoms with Gasteiger partial charge in [-0.2, -0.15) is 13.2 Å². The van der Waals surface area contributed by atoms with Gasteiger partial charge >= 0.3 is 6.18 Å². The van der Waals surface area contributed by atoms with E-state index in [0.29, 0.717) is 15.5 Å². The van der Waals surface area contributed by atoms with Crippen LogP contribution >= 0.6 is 23.4 Å². The molecule has 1 aromatic heterocycles. The van der Waals surface area contributed by atoms with Crippen LogP contribution in [0.2, 0.25) is 5.02 Å². The Balaban J connectivity index is 2.42. The van der Waals surface area contributed by atoms with E-state index in [1.165, 1.54) is 6.07 Å². The van der Waals surface area contributed by atoms with Crippen LogP contribution in [0.1, 0.15) is 11.3 Å². The second kappa shape index (κ2) is 6.03. The van der Waals surface area contributed by atoms with Crippen molar-refractivity contribution in [2.75, 3.05) is 0 Å². The highest BCUT2D eigenvalue weighted by molar-refractivity contribution is 7.99. The highest BCUT2D eigenvalue weighted by atomic mass is 35.5. The van der Waals surface area contributed by atoms with E-state index in [9.17, 15) is 13.2 Å². The van der Waals surface area contributed by atoms with Gasteiger partial charge in [-0.25, -0.2) is 4.98 Å². The van der Waals surface area contributed by atoms with Crippen LogP contribution in [0.15, 0.2) is 46.3 Å². The van der Waals surface area contributed by atoms with Gasteiger partial charge in [-0.3, -0.25) is 0 Å².